The molecular formula is C21H24BrF3N4O5S. The Labute approximate surface area is 209 Å². The number of hydrogen-bond donors (Lipinski definition) is 3. The largest absolute Gasteiger partial charge is 0.490 e. The zero-order valence-corrected chi connectivity index (χ0v) is 21.2. The molecule has 0 spiro atoms. The summed E-state index contributed by atoms with van der Waals surface area (Å²) in [5.74, 6) is -2.94. The fraction of sp³-hybridized carbons (Fsp3) is 0.333. The Morgan fingerprint density at radius 2 is 1.63 bits per heavy atom. The molecule has 1 heterocycles. The van der Waals surface area contributed by atoms with E-state index in [0.29, 0.717) is 11.3 Å². The predicted octanol–water partition coefficient (Wildman–Crippen LogP) is 2.99. The average Bonchev–Trinajstić information content (AvgIpc) is 2.79. The molecule has 0 aromatic heterocycles. The first-order chi connectivity index (χ1) is 16.2. The van der Waals surface area contributed by atoms with Crippen LogP contribution in [0.2, 0.25) is 0 Å². The zero-order chi connectivity index (χ0) is 26.4. The fourth-order valence-corrected chi connectivity index (χ4v) is 4.34. The van der Waals surface area contributed by atoms with Gasteiger partial charge in [-0.15, -0.1) is 0 Å². The first-order valence-corrected chi connectivity index (χ1v) is 12.4. The van der Waals surface area contributed by atoms with Gasteiger partial charge in [-0.05, 0) is 42.5 Å². The van der Waals surface area contributed by atoms with Gasteiger partial charge in [-0.2, -0.15) is 13.2 Å². The number of carboxylic acids is 1. The topological polar surface area (TPSA) is 119 Å². The maximum atomic E-state index is 12.9. The monoisotopic (exact) mass is 580 g/mol. The smallest absolute Gasteiger partial charge is 0.475 e. The van der Waals surface area contributed by atoms with Gasteiger partial charge in [0.25, 0.3) is 15.9 Å². The van der Waals surface area contributed by atoms with Crippen molar-refractivity contribution in [1.82, 2.24) is 10.2 Å². The van der Waals surface area contributed by atoms with Crippen LogP contribution < -0.4 is 14.9 Å². The lowest BCUT2D eigenvalue weighted by Gasteiger charge is -2.31. The van der Waals surface area contributed by atoms with Crippen LogP contribution in [0.25, 0.3) is 0 Å². The highest BCUT2D eigenvalue weighted by molar-refractivity contribution is 9.10. The molecule has 1 fully saturated rings. The van der Waals surface area contributed by atoms with E-state index in [9.17, 15) is 26.4 Å². The van der Waals surface area contributed by atoms with E-state index >= 15 is 0 Å². The third kappa shape index (κ3) is 8.11. The average molecular weight is 581 g/mol. The lowest BCUT2D eigenvalue weighted by Crippen LogP contribution is -2.43. The van der Waals surface area contributed by atoms with E-state index in [-0.39, 0.29) is 10.8 Å². The number of carbonyl (C=O) groups is 2. The molecule has 0 unspecified atom stereocenters. The van der Waals surface area contributed by atoms with Crippen LogP contribution in [-0.4, -0.2) is 76.8 Å². The van der Waals surface area contributed by atoms with Crippen molar-refractivity contribution >= 4 is 49.2 Å². The van der Waals surface area contributed by atoms with E-state index in [0.717, 1.165) is 36.3 Å². The molecule has 0 aliphatic carbocycles. The number of carbonyl (C=O) groups excluding carboxylic acids is 1. The van der Waals surface area contributed by atoms with Crippen molar-refractivity contribution in [3.05, 3.63) is 52.5 Å². The number of alkyl halides is 3. The molecule has 2 aromatic rings. The fourth-order valence-electron chi connectivity index (χ4n) is 3.01. The summed E-state index contributed by atoms with van der Waals surface area (Å²) in [4.78, 5) is 25.0. The number of halogens is 4. The zero-order valence-electron chi connectivity index (χ0n) is 18.8. The van der Waals surface area contributed by atoms with E-state index in [2.05, 4.69) is 30.9 Å². The number of rotatable bonds is 5. The van der Waals surface area contributed by atoms with Crippen LogP contribution >= 0.6 is 15.9 Å². The lowest BCUT2D eigenvalue weighted by atomic mass is 10.1. The van der Waals surface area contributed by atoms with Gasteiger partial charge in [0, 0.05) is 50.3 Å². The van der Waals surface area contributed by atoms with E-state index < -0.39 is 22.2 Å². The van der Waals surface area contributed by atoms with Crippen molar-refractivity contribution in [3.8, 4) is 0 Å². The molecule has 3 N–H and O–H groups in total. The van der Waals surface area contributed by atoms with Gasteiger partial charge < -0.3 is 20.2 Å². The third-order valence-corrected chi connectivity index (χ3v) is 6.63. The van der Waals surface area contributed by atoms with Gasteiger partial charge in [0.15, 0.2) is 0 Å². The summed E-state index contributed by atoms with van der Waals surface area (Å²) in [7, 11) is -0.462. The summed E-state index contributed by atoms with van der Waals surface area (Å²) < 4.78 is 61.0. The number of amides is 1. The highest BCUT2D eigenvalue weighted by Crippen LogP contribution is 2.30. The second kappa shape index (κ2) is 11.7. The molecule has 1 saturated heterocycles. The van der Waals surface area contributed by atoms with Crippen LogP contribution in [-0.2, 0) is 14.8 Å². The van der Waals surface area contributed by atoms with Crippen LogP contribution in [0.15, 0.2) is 51.8 Å². The molecule has 14 heteroatoms. The Kier molecular flexibility index (Phi) is 9.52. The highest BCUT2D eigenvalue weighted by Gasteiger charge is 2.38. The minimum absolute atomic E-state index is 0.159. The SMILES string of the molecule is CN(C)C(=O)c1ccc(N2CCNCC2)c(NS(=O)(=O)c2ccc(Br)cc2)c1.O=C(O)C(F)(F)F. The molecular weight excluding hydrogens is 557 g/mol. The summed E-state index contributed by atoms with van der Waals surface area (Å²) in [6.07, 6.45) is -5.08. The molecule has 192 valence electrons. The van der Waals surface area contributed by atoms with Crippen LogP contribution in [0.3, 0.4) is 0 Å². The molecule has 3 rings (SSSR count). The van der Waals surface area contributed by atoms with Gasteiger partial charge in [0.1, 0.15) is 0 Å². The second-order valence-corrected chi connectivity index (χ2v) is 10.1. The third-order valence-electron chi connectivity index (χ3n) is 4.72. The summed E-state index contributed by atoms with van der Waals surface area (Å²) in [6, 6.07) is 11.6. The predicted molar refractivity (Wildman–Crippen MR) is 128 cm³/mol. The minimum atomic E-state index is -5.08. The molecule has 1 amide bonds. The number of benzene rings is 2. The Hall–Kier alpha value is -2.84. The van der Waals surface area contributed by atoms with Gasteiger partial charge >= 0.3 is 12.1 Å². The Morgan fingerprint density at radius 3 is 2.11 bits per heavy atom. The molecule has 0 bridgehead atoms. The number of hydrogen-bond acceptors (Lipinski definition) is 6. The standard InChI is InChI=1S/C19H23BrN4O3S.C2HF3O2/c1-23(2)19(25)14-3-8-18(24-11-9-21-10-12-24)17(13-14)22-28(26,27)16-6-4-15(20)5-7-16;3-2(4,5)1(6)7/h3-8,13,21-22H,9-12H2,1-2H3;(H,6,7). The molecule has 0 radical (unpaired) electrons. The molecule has 1 aliphatic rings. The van der Waals surface area contributed by atoms with E-state index in [1.165, 1.54) is 17.0 Å². The van der Waals surface area contributed by atoms with Gasteiger partial charge in [0.05, 0.1) is 16.3 Å². The molecule has 9 nitrogen and oxygen atoms in total. The summed E-state index contributed by atoms with van der Waals surface area (Å²) >= 11 is 3.31. The van der Waals surface area contributed by atoms with Crippen molar-refractivity contribution in [1.29, 1.82) is 0 Å². The van der Waals surface area contributed by atoms with E-state index in [1.807, 2.05) is 6.07 Å². The van der Waals surface area contributed by atoms with Crippen LogP contribution in [0, 0.1) is 0 Å². The van der Waals surface area contributed by atoms with Gasteiger partial charge in [-0.1, -0.05) is 15.9 Å². The number of aliphatic carboxylic acids is 1. The van der Waals surface area contributed by atoms with E-state index in [4.69, 9.17) is 9.90 Å². The number of carboxylic acid groups (broad SMARTS) is 1. The normalized spacial score (nSPS) is 13.9. The first-order valence-electron chi connectivity index (χ1n) is 10.1. The number of nitrogens with one attached hydrogen (secondary N) is 2. The van der Waals surface area contributed by atoms with Crippen molar-refractivity contribution in [3.63, 3.8) is 0 Å². The van der Waals surface area contributed by atoms with Gasteiger partial charge in [0.2, 0.25) is 0 Å². The summed E-state index contributed by atoms with van der Waals surface area (Å²) in [5, 5.41) is 10.4. The quantitative estimate of drug-likeness (QED) is 0.497. The molecule has 35 heavy (non-hydrogen) atoms. The summed E-state index contributed by atoms with van der Waals surface area (Å²) in [5.41, 5.74) is 1.59. The van der Waals surface area contributed by atoms with Crippen molar-refractivity contribution in [2.45, 2.75) is 11.1 Å². The van der Waals surface area contributed by atoms with Crippen molar-refractivity contribution in [2.75, 3.05) is 49.9 Å². The number of sulfonamides is 1. The number of anilines is 2. The lowest BCUT2D eigenvalue weighted by molar-refractivity contribution is -0.192. The van der Waals surface area contributed by atoms with Crippen molar-refractivity contribution < 1.29 is 36.3 Å². The van der Waals surface area contributed by atoms with E-state index in [1.54, 1.807) is 38.4 Å². The maximum Gasteiger partial charge on any atom is 0.490 e. The number of piperazine rings is 1. The number of nitrogens with zero attached hydrogens (tertiary/aromatic N) is 2. The van der Waals surface area contributed by atoms with Gasteiger partial charge in [-0.3, -0.25) is 9.52 Å². The van der Waals surface area contributed by atoms with Crippen LogP contribution in [0.4, 0.5) is 24.5 Å². The second-order valence-electron chi connectivity index (χ2n) is 7.53. The van der Waals surface area contributed by atoms with Crippen molar-refractivity contribution in [2.24, 2.45) is 0 Å². The van der Waals surface area contributed by atoms with Crippen LogP contribution in [0.5, 0.6) is 0 Å². The Bertz CT molecular complexity index is 1150. The minimum Gasteiger partial charge on any atom is -0.475 e. The first kappa shape index (κ1) is 28.4. The Morgan fingerprint density at radius 1 is 1.09 bits per heavy atom. The summed E-state index contributed by atoms with van der Waals surface area (Å²) in [6.45, 7) is 3.15. The molecule has 0 atom stereocenters. The van der Waals surface area contributed by atoms with Gasteiger partial charge in [-0.25, -0.2) is 13.2 Å². The Balaban J connectivity index is 0.000000540. The highest BCUT2D eigenvalue weighted by atomic mass is 79.9. The molecule has 1 aliphatic heterocycles. The molecule has 2 aromatic carbocycles. The maximum absolute atomic E-state index is 12.9. The van der Waals surface area contributed by atoms with Crippen LogP contribution in [0.1, 0.15) is 10.4 Å². The molecule has 0 saturated carbocycles.